The lowest BCUT2D eigenvalue weighted by Gasteiger charge is -2.17. The molecule has 146 valence electrons. The zero-order chi connectivity index (χ0) is 20.3. The van der Waals surface area contributed by atoms with Gasteiger partial charge in [-0.25, -0.2) is 9.99 Å². The van der Waals surface area contributed by atoms with E-state index in [0.717, 1.165) is 24.1 Å². The summed E-state index contributed by atoms with van der Waals surface area (Å²) in [5, 5.41) is 5.99. The molecule has 0 radical (unpaired) electrons. The van der Waals surface area contributed by atoms with Gasteiger partial charge in [0.2, 0.25) is 5.89 Å². The molecule has 0 aliphatic rings. The topological polar surface area (TPSA) is 54.5 Å². The first kappa shape index (κ1) is 19.6. The molecule has 3 aromatic rings. The first-order valence-electron chi connectivity index (χ1n) is 8.70. The molecule has 0 fully saturated rings. The van der Waals surface area contributed by atoms with Gasteiger partial charge in [0.25, 0.3) is 0 Å². The van der Waals surface area contributed by atoms with E-state index in [9.17, 15) is 13.2 Å². The molecule has 0 N–H and O–H groups in total. The Kier molecular flexibility index (Phi) is 5.48. The second-order valence-corrected chi connectivity index (χ2v) is 6.14. The summed E-state index contributed by atoms with van der Waals surface area (Å²) in [5.41, 5.74) is 1.91. The van der Waals surface area contributed by atoms with Crippen molar-refractivity contribution in [1.82, 2.24) is 9.97 Å². The molecule has 8 heteroatoms. The molecule has 0 unspecified atom stereocenters. The largest absolute Gasteiger partial charge is 0.436 e. The fraction of sp³-hybridized carbons (Fsp3) is 0.250. The zero-order valence-electron chi connectivity index (χ0n) is 15.7. The average molecular weight is 388 g/mol. The van der Waals surface area contributed by atoms with Crippen molar-refractivity contribution in [2.75, 3.05) is 5.01 Å². The third-order valence-electron chi connectivity index (χ3n) is 4.13. The molecule has 0 bridgehead atoms. The molecule has 2 aromatic heterocycles. The highest BCUT2D eigenvalue weighted by Gasteiger charge is 2.31. The summed E-state index contributed by atoms with van der Waals surface area (Å²) in [7, 11) is 0. The Labute approximate surface area is 160 Å². The lowest BCUT2D eigenvalue weighted by Crippen LogP contribution is -2.10. The van der Waals surface area contributed by atoms with E-state index in [2.05, 4.69) is 15.1 Å². The zero-order valence-corrected chi connectivity index (χ0v) is 15.7. The molecule has 3 rings (SSSR count). The highest BCUT2D eigenvalue weighted by Crippen LogP contribution is 2.35. The number of allylic oxidation sites excluding steroid dienone is 1. The molecular formula is C20H19F3N4O. The van der Waals surface area contributed by atoms with Crippen LogP contribution in [-0.4, -0.2) is 16.2 Å². The Morgan fingerprint density at radius 1 is 1.29 bits per heavy atom. The summed E-state index contributed by atoms with van der Waals surface area (Å²) in [6, 6.07) is 4.93. The number of halogens is 3. The number of hydrazone groups is 1. The third kappa shape index (κ3) is 4.05. The van der Waals surface area contributed by atoms with E-state index in [-0.39, 0.29) is 17.0 Å². The fourth-order valence-electron chi connectivity index (χ4n) is 2.56. The van der Waals surface area contributed by atoms with E-state index < -0.39 is 11.7 Å². The Bertz CT molecular complexity index is 1040. The second-order valence-electron chi connectivity index (χ2n) is 6.14. The number of alkyl halides is 3. The number of hydrogen-bond donors (Lipinski definition) is 0. The van der Waals surface area contributed by atoms with Gasteiger partial charge in [0.05, 0.1) is 23.0 Å². The molecule has 0 atom stereocenters. The number of hydrogen-bond acceptors (Lipinski definition) is 5. The van der Waals surface area contributed by atoms with Gasteiger partial charge >= 0.3 is 6.18 Å². The molecule has 28 heavy (non-hydrogen) atoms. The maximum Gasteiger partial charge on any atom is 0.416 e. The van der Waals surface area contributed by atoms with Gasteiger partial charge in [-0.05, 0) is 44.5 Å². The van der Waals surface area contributed by atoms with Gasteiger partial charge < -0.3 is 4.42 Å². The molecule has 1 aromatic carbocycles. The van der Waals surface area contributed by atoms with Crippen LogP contribution in [0.3, 0.4) is 0 Å². The normalized spacial score (nSPS) is 12.9. The van der Waals surface area contributed by atoms with Crippen LogP contribution in [0.4, 0.5) is 18.9 Å². The number of aromatic nitrogens is 2. The highest BCUT2D eigenvalue weighted by molar-refractivity contribution is 5.81. The van der Waals surface area contributed by atoms with Crippen molar-refractivity contribution in [2.24, 2.45) is 5.10 Å². The number of benzene rings is 1. The molecule has 5 nitrogen and oxygen atoms in total. The van der Waals surface area contributed by atoms with Crippen molar-refractivity contribution >= 4 is 23.0 Å². The van der Waals surface area contributed by atoms with Gasteiger partial charge in [0, 0.05) is 18.6 Å². The van der Waals surface area contributed by atoms with Crippen molar-refractivity contribution in [1.29, 1.82) is 0 Å². The highest BCUT2D eigenvalue weighted by atomic mass is 19.4. The van der Waals surface area contributed by atoms with Crippen molar-refractivity contribution < 1.29 is 17.6 Å². The molecule has 0 aliphatic heterocycles. The van der Waals surface area contributed by atoms with Gasteiger partial charge in [-0.2, -0.15) is 18.3 Å². The average Bonchev–Trinajstić information content (AvgIpc) is 3.10. The lowest BCUT2D eigenvalue weighted by atomic mass is 10.2. The van der Waals surface area contributed by atoms with E-state index in [4.69, 9.17) is 4.42 Å². The number of pyridine rings is 1. The SMILES string of the molecule is C/C=N\N(/C=C(\C)CC)c1cnccc1-c1nc2cc(C(F)(F)F)ccc2o1. The minimum atomic E-state index is -4.44. The molecule has 0 spiro atoms. The lowest BCUT2D eigenvalue weighted by molar-refractivity contribution is -0.137. The van der Waals surface area contributed by atoms with Gasteiger partial charge in [0.15, 0.2) is 5.58 Å². The molecule has 2 heterocycles. The van der Waals surface area contributed by atoms with E-state index in [0.29, 0.717) is 11.3 Å². The van der Waals surface area contributed by atoms with Crippen molar-refractivity contribution in [2.45, 2.75) is 33.4 Å². The van der Waals surface area contributed by atoms with Crippen LogP contribution in [0.15, 0.2) is 58.0 Å². The van der Waals surface area contributed by atoms with Crippen LogP contribution in [0.1, 0.15) is 32.8 Å². The summed E-state index contributed by atoms with van der Waals surface area (Å²) < 4.78 is 44.6. The summed E-state index contributed by atoms with van der Waals surface area (Å²) >= 11 is 0. The van der Waals surface area contributed by atoms with Crippen molar-refractivity contribution in [3.8, 4) is 11.5 Å². The summed E-state index contributed by atoms with van der Waals surface area (Å²) in [6.07, 6.45) is 3.08. The maximum atomic E-state index is 13.0. The van der Waals surface area contributed by atoms with Crippen LogP contribution in [-0.2, 0) is 6.18 Å². The number of oxazole rings is 1. The van der Waals surface area contributed by atoms with Crippen LogP contribution >= 0.6 is 0 Å². The predicted octanol–water partition coefficient (Wildman–Crippen LogP) is 6.03. The molecule has 0 amide bonds. The molecular weight excluding hydrogens is 369 g/mol. The first-order chi connectivity index (χ1) is 13.3. The van der Waals surface area contributed by atoms with Crippen LogP contribution < -0.4 is 5.01 Å². The van der Waals surface area contributed by atoms with Crippen LogP contribution in [0.25, 0.3) is 22.6 Å². The Morgan fingerprint density at radius 2 is 2.07 bits per heavy atom. The smallest absolute Gasteiger partial charge is 0.416 e. The van der Waals surface area contributed by atoms with Gasteiger partial charge in [-0.3, -0.25) is 4.98 Å². The van der Waals surface area contributed by atoms with Gasteiger partial charge in [-0.1, -0.05) is 12.5 Å². The van der Waals surface area contributed by atoms with E-state index in [1.54, 1.807) is 36.6 Å². The number of fused-ring (bicyclic) bond motifs is 1. The minimum absolute atomic E-state index is 0.137. The predicted molar refractivity (Wildman–Crippen MR) is 103 cm³/mol. The van der Waals surface area contributed by atoms with Crippen LogP contribution in [0.2, 0.25) is 0 Å². The Hall–Kier alpha value is -3.16. The van der Waals surface area contributed by atoms with Crippen molar-refractivity contribution in [3.05, 3.63) is 54.0 Å². The monoisotopic (exact) mass is 388 g/mol. The van der Waals surface area contributed by atoms with E-state index >= 15 is 0 Å². The minimum Gasteiger partial charge on any atom is -0.436 e. The number of anilines is 1. The maximum absolute atomic E-state index is 13.0. The summed E-state index contributed by atoms with van der Waals surface area (Å²) in [6.45, 7) is 5.80. The standard InChI is InChI=1S/C20H19F3N4O/c1-4-13(3)12-27(25-5-2)17-11-24-9-8-15(17)19-26-16-10-14(20(21,22)23)6-7-18(16)28-19/h5-12H,4H2,1-3H3/b13-12+,25-5-. The van der Waals surface area contributed by atoms with Gasteiger partial charge in [0.1, 0.15) is 5.52 Å². The third-order valence-corrected chi connectivity index (χ3v) is 4.13. The Morgan fingerprint density at radius 3 is 2.75 bits per heavy atom. The molecule has 0 saturated carbocycles. The van der Waals surface area contributed by atoms with Crippen LogP contribution in [0.5, 0.6) is 0 Å². The van der Waals surface area contributed by atoms with Gasteiger partial charge in [-0.15, -0.1) is 0 Å². The quantitative estimate of drug-likeness (QED) is 0.395. The van der Waals surface area contributed by atoms with Crippen LogP contribution in [0, 0.1) is 0 Å². The first-order valence-corrected chi connectivity index (χ1v) is 8.70. The summed E-state index contributed by atoms with van der Waals surface area (Å²) in [4.78, 5) is 8.41. The molecule has 0 aliphatic carbocycles. The summed E-state index contributed by atoms with van der Waals surface area (Å²) in [5.74, 6) is 0.200. The number of rotatable bonds is 5. The fourth-order valence-corrected chi connectivity index (χ4v) is 2.56. The van der Waals surface area contributed by atoms with E-state index in [1.807, 2.05) is 20.0 Å². The Balaban J connectivity index is 2.12. The second kappa shape index (κ2) is 7.84. The molecule has 0 saturated heterocycles. The van der Waals surface area contributed by atoms with Crippen molar-refractivity contribution in [3.63, 3.8) is 0 Å². The van der Waals surface area contributed by atoms with E-state index in [1.165, 1.54) is 6.07 Å². The number of nitrogens with zero attached hydrogens (tertiary/aromatic N) is 4.